The fourth-order valence-corrected chi connectivity index (χ4v) is 1.61. The van der Waals surface area contributed by atoms with Crippen molar-refractivity contribution in [2.24, 2.45) is 0 Å². The van der Waals surface area contributed by atoms with Crippen molar-refractivity contribution in [3.05, 3.63) is 47.5 Å². The van der Waals surface area contributed by atoms with Crippen LogP contribution in [0.25, 0.3) is 11.1 Å². The number of rotatable bonds is 1. The first-order valence-electron chi connectivity index (χ1n) is 4.46. The highest BCUT2D eigenvalue weighted by molar-refractivity contribution is 6.32. The summed E-state index contributed by atoms with van der Waals surface area (Å²) in [5.41, 5.74) is 1.10. The number of aromatic hydroxyl groups is 2. The number of hydrogen-bond donors (Lipinski definition) is 2. The lowest BCUT2D eigenvalue weighted by molar-refractivity contribution is 0.469. The van der Waals surface area contributed by atoms with E-state index in [2.05, 4.69) is 0 Å². The molecule has 16 heavy (non-hydrogen) atoms. The Balaban J connectivity index is 0.00000128. The number of phenols is 2. The summed E-state index contributed by atoms with van der Waals surface area (Å²) in [6, 6.07) is 11.8. The molecule has 0 atom stereocenters. The van der Waals surface area contributed by atoms with E-state index in [1.54, 1.807) is 42.5 Å². The Labute approximate surface area is 99.8 Å². The molecule has 2 rings (SSSR count). The largest absolute Gasteiger partial charge is 0.507 e. The quantitative estimate of drug-likeness (QED) is 0.784. The molecule has 0 saturated carbocycles. The normalized spacial score (nSPS) is 9.56. The number of halogens is 1. The van der Waals surface area contributed by atoms with E-state index in [9.17, 15) is 10.2 Å². The molecule has 2 nitrogen and oxygen atoms in total. The molecule has 0 aliphatic heterocycles. The zero-order valence-corrected chi connectivity index (χ0v) is 8.57. The first-order valence-corrected chi connectivity index (χ1v) is 4.84. The summed E-state index contributed by atoms with van der Waals surface area (Å²) in [5.74, 6) is 0.107. The summed E-state index contributed by atoms with van der Waals surface area (Å²) >= 11 is 5.78. The Morgan fingerprint density at radius 2 is 1.44 bits per heavy atom. The van der Waals surface area contributed by atoms with Crippen molar-refractivity contribution < 1.29 is 10.2 Å². The molecule has 0 spiro atoms. The van der Waals surface area contributed by atoms with Gasteiger partial charge in [0.1, 0.15) is 11.5 Å². The van der Waals surface area contributed by atoms with E-state index in [0.29, 0.717) is 11.1 Å². The van der Waals surface area contributed by atoms with Gasteiger partial charge in [-0.2, -0.15) is 0 Å². The van der Waals surface area contributed by atoms with Crippen LogP contribution in [0.4, 0.5) is 0 Å². The molecule has 2 aromatic carbocycles. The number of phenolic OH excluding ortho intramolecular Hbond substituents is 2. The fourth-order valence-electron chi connectivity index (χ4n) is 1.43. The van der Waals surface area contributed by atoms with Gasteiger partial charge in [-0.3, -0.25) is 0 Å². The van der Waals surface area contributed by atoms with Crippen LogP contribution in [0.2, 0.25) is 5.02 Å². The fraction of sp³-hybridized carbons (Fsp3) is 0.0769. The van der Waals surface area contributed by atoms with Gasteiger partial charge in [0.05, 0.1) is 5.02 Å². The van der Waals surface area contributed by atoms with Crippen molar-refractivity contribution in [1.29, 1.82) is 0 Å². The molecule has 84 valence electrons. The predicted octanol–water partition coefficient (Wildman–Crippen LogP) is 4.05. The predicted molar refractivity (Wildman–Crippen MR) is 66.9 cm³/mol. The number of para-hydroxylation sites is 2. The van der Waals surface area contributed by atoms with Crippen molar-refractivity contribution in [2.75, 3.05) is 0 Å². The molecule has 3 heteroatoms. The minimum absolute atomic E-state index is 0. The molecule has 0 fully saturated rings. The monoisotopic (exact) mass is 236 g/mol. The molecule has 0 bridgehead atoms. The van der Waals surface area contributed by atoms with E-state index in [1.165, 1.54) is 0 Å². The molecule has 0 amide bonds. The second-order valence-corrected chi connectivity index (χ2v) is 3.56. The van der Waals surface area contributed by atoms with Crippen molar-refractivity contribution >= 4 is 11.6 Å². The standard InChI is InChI=1S/C12H9ClO2.CH4/c13-10-6-3-5-9(12(10)15)8-4-1-2-7-11(8)14;/h1-7,14-15H;1H4. The molecule has 0 saturated heterocycles. The molecule has 0 aromatic heterocycles. The topological polar surface area (TPSA) is 40.5 Å². The maximum Gasteiger partial charge on any atom is 0.142 e. The zero-order valence-electron chi connectivity index (χ0n) is 7.81. The van der Waals surface area contributed by atoms with Crippen LogP contribution in [-0.4, -0.2) is 10.2 Å². The Bertz CT molecular complexity index is 495. The van der Waals surface area contributed by atoms with Crippen LogP contribution >= 0.6 is 11.6 Å². The van der Waals surface area contributed by atoms with Gasteiger partial charge < -0.3 is 10.2 Å². The third kappa shape index (κ3) is 2.12. The van der Waals surface area contributed by atoms with E-state index in [0.717, 1.165) is 0 Å². The zero-order chi connectivity index (χ0) is 10.8. The van der Waals surface area contributed by atoms with Crippen LogP contribution < -0.4 is 0 Å². The van der Waals surface area contributed by atoms with Gasteiger partial charge in [-0.05, 0) is 12.1 Å². The van der Waals surface area contributed by atoms with Crippen molar-refractivity contribution in [1.82, 2.24) is 0 Å². The lowest BCUT2D eigenvalue weighted by Crippen LogP contribution is -1.80. The second-order valence-electron chi connectivity index (χ2n) is 3.15. The minimum atomic E-state index is -0.0133. The smallest absolute Gasteiger partial charge is 0.142 e. The molecular formula is C13H13ClO2. The molecule has 0 aliphatic rings. The van der Waals surface area contributed by atoms with Gasteiger partial charge in [0.25, 0.3) is 0 Å². The second kappa shape index (κ2) is 4.90. The van der Waals surface area contributed by atoms with E-state index in [4.69, 9.17) is 11.6 Å². The molecule has 0 radical (unpaired) electrons. The Morgan fingerprint density at radius 3 is 2.12 bits per heavy atom. The van der Waals surface area contributed by atoms with Crippen molar-refractivity contribution in [3.8, 4) is 22.6 Å². The van der Waals surface area contributed by atoms with E-state index >= 15 is 0 Å². The lowest BCUT2D eigenvalue weighted by atomic mass is 10.0. The van der Waals surface area contributed by atoms with Gasteiger partial charge in [-0.25, -0.2) is 0 Å². The van der Waals surface area contributed by atoms with Crippen molar-refractivity contribution in [3.63, 3.8) is 0 Å². The summed E-state index contributed by atoms with van der Waals surface area (Å²) in [7, 11) is 0. The van der Waals surface area contributed by atoms with Gasteiger partial charge in [0, 0.05) is 11.1 Å². The lowest BCUT2D eigenvalue weighted by Gasteiger charge is -2.07. The summed E-state index contributed by atoms with van der Waals surface area (Å²) in [6.45, 7) is 0. The first-order chi connectivity index (χ1) is 7.20. The first kappa shape index (κ1) is 12.4. The summed E-state index contributed by atoms with van der Waals surface area (Å²) < 4.78 is 0. The molecule has 0 aliphatic carbocycles. The van der Waals surface area contributed by atoms with Gasteiger partial charge >= 0.3 is 0 Å². The SMILES string of the molecule is C.Oc1ccccc1-c1cccc(Cl)c1O. The Hall–Kier alpha value is -1.67. The Kier molecular flexibility index (Phi) is 3.80. The highest BCUT2D eigenvalue weighted by atomic mass is 35.5. The van der Waals surface area contributed by atoms with E-state index in [-0.39, 0.29) is 23.9 Å². The highest BCUT2D eigenvalue weighted by Crippen LogP contribution is 2.38. The van der Waals surface area contributed by atoms with Gasteiger partial charge in [0.15, 0.2) is 0 Å². The summed E-state index contributed by atoms with van der Waals surface area (Å²) in [4.78, 5) is 0. The van der Waals surface area contributed by atoms with Crippen LogP contribution in [0.5, 0.6) is 11.5 Å². The summed E-state index contributed by atoms with van der Waals surface area (Å²) in [5, 5.41) is 19.6. The maximum atomic E-state index is 9.73. The average molecular weight is 237 g/mol. The van der Waals surface area contributed by atoms with Crippen LogP contribution in [0.15, 0.2) is 42.5 Å². The minimum Gasteiger partial charge on any atom is -0.507 e. The van der Waals surface area contributed by atoms with Gasteiger partial charge in [0.2, 0.25) is 0 Å². The maximum absolute atomic E-state index is 9.73. The molecule has 0 heterocycles. The third-order valence-electron chi connectivity index (χ3n) is 2.18. The van der Waals surface area contributed by atoms with Crippen LogP contribution in [0, 0.1) is 0 Å². The molecule has 2 N–H and O–H groups in total. The number of benzene rings is 2. The van der Waals surface area contributed by atoms with Gasteiger partial charge in [-0.15, -0.1) is 0 Å². The van der Waals surface area contributed by atoms with E-state index in [1.807, 2.05) is 0 Å². The van der Waals surface area contributed by atoms with Crippen LogP contribution in [0.1, 0.15) is 7.43 Å². The summed E-state index contributed by atoms with van der Waals surface area (Å²) in [6.07, 6.45) is 0. The van der Waals surface area contributed by atoms with E-state index < -0.39 is 0 Å². The third-order valence-corrected chi connectivity index (χ3v) is 2.49. The molecule has 0 unspecified atom stereocenters. The average Bonchev–Trinajstić information content (AvgIpc) is 2.23. The van der Waals surface area contributed by atoms with Crippen LogP contribution in [0.3, 0.4) is 0 Å². The van der Waals surface area contributed by atoms with Gasteiger partial charge in [-0.1, -0.05) is 49.4 Å². The molecular weight excluding hydrogens is 224 g/mol. The number of hydrogen-bond acceptors (Lipinski definition) is 2. The van der Waals surface area contributed by atoms with Crippen LogP contribution in [-0.2, 0) is 0 Å². The van der Waals surface area contributed by atoms with Crippen molar-refractivity contribution in [2.45, 2.75) is 7.43 Å². The Morgan fingerprint density at radius 1 is 0.812 bits per heavy atom. The highest BCUT2D eigenvalue weighted by Gasteiger charge is 2.10. The molecule has 2 aromatic rings.